The van der Waals surface area contributed by atoms with Gasteiger partial charge in [0.05, 0.1) is 4.90 Å². The Labute approximate surface area is 144 Å². The molecular weight excluding hydrogens is 326 g/mol. The average Bonchev–Trinajstić information content (AvgIpc) is 2.59. The molecule has 0 radical (unpaired) electrons. The second-order valence-corrected chi connectivity index (χ2v) is 8.52. The smallest absolute Gasteiger partial charge is 0.243 e. The zero-order chi connectivity index (χ0) is 17.7. The largest absolute Gasteiger partial charge is 0.356 e. The topological polar surface area (TPSA) is 92.5 Å². The molecular formula is C17H27N3O3S. The Morgan fingerprint density at radius 1 is 1.29 bits per heavy atom. The SMILES string of the molecule is Cc1ccc(S(=O)(=O)N2CCC(C(=O)NCC(C)CN)CC2)cc1. The summed E-state index contributed by atoms with van der Waals surface area (Å²) in [6.07, 6.45) is 1.10. The molecule has 134 valence electrons. The highest BCUT2D eigenvalue weighted by atomic mass is 32.2. The molecule has 1 heterocycles. The number of sulfonamides is 1. The summed E-state index contributed by atoms with van der Waals surface area (Å²) in [5, 5.41) is 2.91. The van der Waals surface area contributed by atoms with Crippen LogP contribution in [0.15, 0.2) is 29.2 Å². The standard InChI is InChI=1S/C17H27N3O3S/c1-13-3-5-16(6-4-13)24(22,23)20-9-7-15(8-10-20)17(21)19-12-14(2)11-18/h3-6,14-15H,7-12,18H2,1-2H3,(H,19,21). The molecule has 0 aliphatic carbocycles. The summed E-state index contributed by atoms with van der Waals surface area (Å²) in [6.45, 7) is 5.76. The van der Waals surface area contributed by atoms with Crippen molar-refractivity contribution in [2.75, 3.05) is 26.2 Å². The molecule has 1 atom stereocenters. The number of aryl methyl sites for hydroxylation is 1. The quantitative estimate of drug-likeness (QED) is 0.801. The van der Waals surface area contributed by atoms with Crippen molar-refractivity contribution in [1.29, 1.82) is 0 Å². The van der Waals surface area contributed by atoms with E-state index in [1.54, 1.807) is 24.3 Å². The van der Waals surface area contributed by atoms with Gasteiger partial charge in [-0.3, -0.25) is 4.79 Å². The molecule has 3 N–H and O–H groups in total. The molecule has 1 fully saturated rings. The first-order valence-electron chi connectivity index (χ1n) is 8.39. The Balaban J connectivity index is 1.92. The fourth-order valence-electron chi connectivity index (χ4n) is 2.72. The van der Waals surface area contributed by atoms with E-state index >= 15 is 0 Å². The first kappa shape index (κ1) is 18.9. The van der Waals surface area contributed by atoms with Gasteiger partial charge in [0.15, 0.2) is 0 Å². The summed E-state index contributed by atoms with van der Waals surface area (Å²) >= 11 is 0. The van der Waals surface area contributed by atoms with Crippen molar-refractivity contribution in [3.63, 3.8) is 0 Å². The van der Waals surface area contributed by atoms with Crippen molar-refractivity contribution in [2.24, 2.45) is 17.6 Å². The summed E-state index contributed by atoms with van der Waals surface area (Å²) < 4.78 is 26.8. The lowest BCUT2D eigenvalue weighted by atomic mass is 9.97. The van der Waals surface area contributed by atoms with Crippen molar-refractivity contribution in [3.8, 4) is 0 Å². The molecule has 1 aliphatic rings. The Kier molecular flexibility index (Phi) is 6.37. The minimum absolute atomic E-state index is 0.00249. The van der Waals surface area contributed by atoms with Gasteiger partial charge >= 0.3 is 0 Å². The molecule has 1 saturated heterocycles. The molecule has 1 unspecified atom stereocenters. The van der Waals surface area contributed by atoms with Crippen molar-refractivity contribution >= 4 is 15.9 Å². The van der Waals surface area contributed by atoms with Crippen molar-refractivity contribution in [2.45, 2.75) is 31.6 Å². The van der Waals surface area contributed by atoms with Gasteiger partial charge in [-0.1, -0.05) is 24.6 Å². The maximum Gasteiger partial charge on any atom is 0.243 e. The number of carbonyl (C=O) groups excluding carboxylic acids is 1. The summed E-state index contributed by atoms with van der Waals surface area (Å²) in [5.41, 5.74) is 6.57. The zero-order valence-corrected chi connectivity index (χ0v) is 15.2. The minimum atomic E-state index is -3.47. The highest BCUT2D eigenvalue weighted by molar-refractivity contribution is 7.89. The van der Waals surface area contributed by atoms with Gasteiger partial charge in [0.25, 0.3) is 0 Å². The van der Waals surface area contributed by atoms with E-state index < -0.39 is 10.0 Å². The molecule has 7 heteroatoms. The highest BCUT2D eigenvalue weighted by Crippen LogP contribution is 2.24. The van der Waals surface area contributed by atoms with E-state index in [9.17, 15) is 13.2 Å². The van der Waals surface area contributed by atoms with Gasteiger partial charge in [-0.05, 0) is 44.4 Å². The van der Waals surface area contributed by atoms with Crippen LogP contribution in [0.3, 0.4) is 0 Å². The van der Waals surface area contributed by atoms with Gasteiger partial charge in [0.1, 0.15) is 0 Å². The molecule has 1 aromatic carbocycles. The van der Waals surface area contributed by atoms with E-state index in [0.29, 0.717) is 43.9 Å². The Hall–Kier alpha value is -1.44. The number of amides is 1. The monoisotopic (exact) mass is 353 g/mol. The third-order valence-electron chi connectivity index (χ3n) is 4.51. The summed E-state index contributed by atoms with van der Waals surface area (Å²) in [5.74, 6) is 0.123. The highest BCUT2D eigenvalue weighted by Gasteiger charge is 2.31. The van der Waals surface area contributed by atoms with E-state index in [1.165, 1.54) is 4.31 Å². The van der Waals surface area contributed by atoms with Crippen LogP contribution in [0, 0.1) is 18.8 Å². The lowest BCUT2D eigenvalue weighted by Gasteiger charge is -2.30. The van der Waals surface area contributed by atoms with Gasteiger partial charge in [0, 0.05) is 25.6 Å². The average molecular weight is 353 g/mol. The van der Waals surface area contributed by atoms with Gasteiger partial charge in [-0.15, -0.1) is 0 Å². The Bertz CT molecular complexity index is 650. The lowest BCUT2D eigenvalue weighted by Crippen LogP contribution is -2.44. The van der Waals surface area contributed by atoms with Gasteiger partial charge in [-0.25, -0.2) is 8.42 Å². The molecule has 2 rings (SSSR count). The second-order valence-electron chi connectivity index (χ2n) is 6.58. The molecule has 1 aromatic rings. The maximum atomic E-state index is 12.6. The van der Waals surface area contributed by atoms with Gasteiger partial charge in [-0.2, -0.15) is 4.31 Å². The Morgan fingerprint density at radius 2 is 1.88 bits per heavy atom. The van der Waals surface area contributed by atoms with Crippen LogP contribution in [0.5, 0.6) is 0 Å². The van der Waals surface area contributed by atoms with Crippen LogP contribution in [0.4, 0.5) is 0 Å². The molecule has 0 spiro atoms. The predicted octanol–water partition coefficient (Wildman–Crippen LogP) is 1.11. The van der Waals surface area contributed by atoms with Crippen molar-refractivity contribution in [3.05, 3.63) is 29.8 Å². The van der Waals surface area contributed by atoms with E-state index in [4.69, 9.17) is 5.73 Å². The van der Waals surface area contributed by atoms with E-state index in [0.717, 1.165) is 5.56 Å². The van der Waals surface area contributed by atoms with Crippen LogP contribution in [0.25, 0.3) is 0 Å². The fraction of sp³-hybridized carbons (Fsp3) is 0.588. The van der Waals surface area contributed by atoms with Crippen LogP contribution in [-0.2, 0) is 14.8 Å². The molecule has 6 nitrogen and oxygen atoms in total. The first-order valence-corrected chi connectivity index (χ1v) is 9.83. The number of nitrogens with two attached hydrogens (primary N) is 1. The van der Waals surface area contributed by atoms with Crippen LogP contribution < -0.4 is 11.1 Å². The molecule has 0 aromatic heterocycles. The third kappa shape index (κ3) is 4.55. The molecule has 0 bridgehead atoms. The molecule has 0 saturated carbocycles. The van der Waals surface area contributed by atoms with Gasteiger partial charge < -0.3 is 11.1 Å². The van der Waals surface area contributed by atoms with Crippen LogP contribution in [-0.4, -0.2) is 44.8 Å². The third-order valence-corrected chi connectivity index (χ3v) is 6.42. The van der Waals surface area contributed by atoms with E-state index in [1.807, 2.05) is 13.8 Å². The fourth-order valence-corrected chi connectivity index (χ4v) is 4.19. The van der Waals surface area contributed by atoms with Crippen LogP contribution >= 0.6 is 0 Å². The van der Waals surface area contributed by atoms with Crippen LogP contribution in [0.1, 0.15) is 25.3 Å². The van der Waals surface area contributed by atoms with E-state index in [-0.39, 0.29) is 17.7 Å². The van der Waals surface area contributed by atoms with Crippen LogP contribution in [0.2, 0.25) is 0 Å². The van der Waals surface area contributed by atoms with E-state index in [2.05, 4.69) is 5.32 Å². The number of hydrogen-bond donors (Lipinski definition) is 2. The maximum absolute atomic E-state index is 12.6. The molecule has 1 amide bonds. The molecule has 1 aliphatic heterocycles. The predicted molar refractivity (Wildman–Crippen MR) is 93.9 cm³/mol. The first-order chi connectivity index (χ1) is 11.3. The number of nitrogens with one attached hydrogen (secondary N) is 1. The van der Waals surface area contributed by atoms with Gasteiger partial charge in [0.2, 0.25) is 15.9 Å². The Morgan fingerprint density at radius 3 is 2.42 bits per heavy atom. The number of carbonyl (C=O) groups is 1. The second kappa shape index (κ2) is 8.09. The lowest BCUT2D eigenvalue weighted by molar-refractivity contribution is -0.126. The summed E-state index contributed by atoms with van der Waals surface area (Å²) in [7, 11) is -3.47. The zero-order valence-electron chi connectivity index (χ0n) is 14.4. The normalized spacial score (nSPS) is 18.3. The summed E-state index contributed by atoms with van der Waals surface area (Å²) in [4.78, 5) is 12.5. The number of rotatable bonds is 6. The minimum Gasteiger partial charge on any atom is -0.356 e. The van der Waals surface area contributed by atoms with Crippen molar-refractivity contribution in [1.82, 2.24) is 9.62 Å². The van der Waals surface area contributed by atoms with Crippen molar-refractivity contribution < 1.29 is 13.2 Å². The number of nitrogens with zero attached hydrogens (tertiary/aromatic N) is 1. The number of piperidine rings is 1. The number of benzene rings is 1. The summed E-state index contributed by atoms with van der Waals surface area (Å²) in [6, 6.07) is 6.87. The number of hydrogen-bond acceptors (Lipinski definition) is 4. The molecule has 24 heavy (non-hydrogen) atoms.